The summed E-state index contributed by atoms with van der Waals surface area (Å²) in [5, 5.41) is 12.1. The average molecular weight is 466 g/mol. The molecule has 0 bridgehead atoms. The van der Waals surface area contributed by atoms with Crippen molar-refractivity contribution < 1.29 is 23.4 Å². The van der Waals surface area contributed by atoms with Gasteiger partial charge in [0.05, 0.1) is 33.9 Å². The van der Waals surface area contributed by atoms with Crippen LogP contribution in [-0.4, -0.2) is 48.2 Å². The molecule has 0 spiro atoms. The molecular formula is C22H22ClF2N3O4. The molecule has 5 rings (SSSR count). The molecule has 10 heteroatoms. The average Bonchev–Trinajstić information content (AvgIpc) is 3.31. The van der Waals surface area contributed by atoms with Crippen LogP contribution in [0.2, 0.25) is 5.02 Å². The first-order chi connectivity index (χ1) is 15.3. The van der Waals surface area contributed by atoms with Crippen LogP contribution < -0.4 is 20.4 Å². The third kappa shape index (κ3) is 3.34. The molecule has 1 saturated heterocycles. The van der Waals surface area contributed by atoms with Crippen LogP contribution >= 0.6 is 11.6 Å². The molecule has 0 amide bonds. The first-order valence-corrected chi connectivity index (χ1v) is 10.9. The lowest BCUT2D eigenvalue weighted by atomic mass is 9.83. The van der Waals surface area contributed by atoms with Gasteiger partial charge in [0.15, 0.2) is 5.75 Å². The number of hydrogen-bond acceptors (Lipinski definition) is 5. The van der Waals surface area contributed by atoms with Crippen LogP contribution in [0, 0.1) is 17.7 Å². The third-order valence-corrected chi connectivity index (χ3v) is 7.13. The Kier molecular flexibility index (Phi) is 5.13. The second-order valence-electron chi connectivity index (χ2n) is 8.63. The summed E-state index contributed by atoms with van der Waals surface area (Å²) in [5.41, 5.74) is -0.449. The minimum absolute atomic E-state index is 0.0155. The van der Waals surface area contributed by atoms with Crippen LogP contribution in [0.1, 0.15) is 18.9 Å². The highest BCUT2D eigenvalue weighted by Gasteiger charge is 2.42. The molecule has 5 unspecified atom stereocenters. The van der Waals surface area contributed by atoms with Crippen LogP contribution in [-0.2, 0) is 0 Å². The highest BCUT2D eigenvalue weighted by molar-refractivity contribution is 6.38. The maximum atomic E-state index is 15.3. The predicted octanol–water partition coefficient (Wildman–Crippen LogP) is 3.73. The van der Waals surface area contributed by atoms with Crippen molar-refractivity contribution >= 4 is 34.3 Å². The molecule has 1 saturated carbocycles. The van der Waals surface area contributed by atoms with Crippen molar-refractivity contribution in [3.63, 3.8) is 0 Å². The van der Waals surface area contributed by atoms with Crippen LogP contribution in [0.4, 0.5) is 19.3 Å². The number of carboxylic acid groups (broad SMARTS) is 1. The lowest BCUT2D eigenvalue weighted by Crippen LogP contribution is -2.39. The quantitative estimate of drug-likeness (QED) is 0.529. The molecule has 2 fully saturated rings. The molecule has 7 nitrogen and oxygen atoms in total. The number of pyridine rings is 1. The summed E-state index contributed by atoms with van der Waals surface area (Å²) in [6.07, 6.45) is 3.66. The number of hydrogen-bond donors (Lipinski definition) is 2. The molecule has 2 N–H and O–H groups in total. The Hall–Kier alpha value is -2.65. The fourth-order valence-electron chi connectivity index (χ4n) is 5.14. The van der Waals surface area contributed by atoms with Crippen molar-refractivity contribution in [2.24, 2.45) is 11.8 Å². The Morgan fingerprint density at radius 2 is 2.12 bits per heavy atom. The van der Waals surface area contributed by atoms with Crippen molar-refractivity contribution in [3.05, 3.63) is 45.5 Å². The van der Waals surface area contributed by atoms with Gasteiger partial charge >= 0.3 is 6.16 Å². The summed E-state index contributed by atoms with van der Waals surface area (Å²) >= 11 is 6.69. The van der Waals surface area contributed by atoms with E-state index in [1.54, 1.807) is 0 Å². The van der Waals surface area contributed by atoms with E-state index in [4.69, 9.17) is 16.7 Å². The monoisotopic (exact) mass is 465 g/mol. The number of nitrogens with one attached hydrogen (secondary N) is 1. The van der Waals surface area contributed by atoms with Gasteiger partial charge in [-0.05, 0) is 25.5 Å². The molecule has 2 heterocycles. The largest absolute Gasteiger partial charge is 0.511 e. The lowest BCUT2D eigenvalue weighted by Gasteiger charge is -2.28. The van der Waals surface area contributed by atoms with E-state index >= 15 is 4.39 Å². The van der Waals surface area contributed by atoms with E-state index < -0.39 is 35.4 Å². The minimum atomic E-state index is -1.68. The SMILES string of the molecule is CNC1CC=CC2CN(c3c(F)cc4c(=O)c(OC(=O)O)cn(C5CC5F)c4c3Cl)CC21. The normalized spacial score (nSPS) is 28.8. The summed E-state index contributed by atoms with van der Waals surface area (Å²) in [6.45, 7) is 1.16. The lowest BCUT2D eigenvalue weighted by molar-refractivity contribution is 0.143. The second-order valence-corrected chi connectivity index (χ2v) is 9.00. The van der Waals surface area contributed by atoms with Crippen LogP contribution in [0.15, 0.2) is 29.2 Å². The molecule has 170 valence electrons. The zero-order valence-corrected chi connectivity index (χ0v) is 18.0. The summed E-state index contributed by atoms with van der Waals surface area (Å²) in [6, 6.07) is 0.695. The molecule has 1 aliphatic heterocycles. The highest BCUT2D eigenvalue weighted by Crippen LogP contribution is 2.46. The summed E-state index contributed by atoms with van der Waals surface area (Å²) < 4.78 is 35.3. The fraction of sp³-hybridized carbons (Fsp3) is 0.455. The molecule has 2 aromatic rings. The first-order valence-electron chi connectivity index (χ1n) is 10.5. The van der Waals surface area contributed by atoms with Crippen LogP contribution in [0.3, 0.4) is 0 Å². The Balaban J connectivity index is 1.65. The third-order valence-electron chi connectivity index (χ3n) is 6.78. The Morgan fingerprint density at radius 1 is 1.38 bits per heavy atom. The van der Waals surface area contributed by atoms with Crippen LogP contribution in [0.25, 0.3) is 10.9 Å². The van der Waals surface area contributed by atoms with Crippen molar-refractivity contribution in [1.82, 2.24) is 9.88 Å². The number of benzene rings is 1. The van der Waals surface area contributed by atoms with Gasteiger partial charge in [0.1, 0.15) is 12.0 Å². The number of halogens is 3. The van der Waals surface area contributed by atoms with E-state index in [1.165, 1.54) is 4.57 Å². The number of aromatic nitrogens is 1. The standard InChI is InChI=1S/C22H22ClF2N3O4/c1-26-15-4-2-3-10-7-27(8-12(10)15)20-14(25)5-11-19(18(20)23)28(16-6-13(16)24)9-17(21(11)29)32-22(30)31/h2-3,5,9-10,12-13,15-16,26H,4,6-8H2,1H3,(H,30,31). The molecular weight excluding hydrogens is 444 g/mol. The van der Waals surface area contributed by atoms with Gasteiger partial charge in [0.2, 0.25) is 5.43 Å². The van der Waals surface area contributed by atoms with E-state index in [2.05, 4.69) is 22.2 Å². The van der Waals surface area contributed by atoms with Crippen molar-refractivity contribution in [3.8, 4) is 5.75 Å². The molecule has 0 radical (unpaired) electrons. The zero-order valence-electron chi connectivity index (χ0n) is 17.2. The first kappa shape index (κ1) is 21.2. The number of rotatable bonds is 4. The second kappa shape index (κ2) is 7.74. The Bertz CT molecular complexity index is 1200. The Labute approximate surface area is 187 Å². The topological polar surface area (TPSA) is 83.8 Å². The number of carbonyl (C=O) groups is 1. The van der Waals surface area contributed by atoms with Crippen LogP contribution in [0.5, 0.6) is 5.75 Å². The molecule has 1 aromatic carbocycles. The van der Waals surface area contributed by atoms with E-state index in [0.717, 1.165) is 18.7 Å². The van der Waals surface area contributed by atoms with Crippen molar-refractivity contribution in [1.29, 1.82) is 0 Å². The van der Waals surface area contributed by atoms with E-state index in [1.807, 2.05) is 11.9 Å². The number of alkyl halides is 1. The van der Waals surface area contributed by atoms with Crippen molar-refractivity contribution in [2.75, 3.05) is 25.0 Å². The number of ether oxygens (including phenoxy) is 1. The molecule has 5 atom stereocenters. The smallest absolute Gasteiger partial charge is 0.449 e. The molecule has 32 heavy (non-hydrogen) atoms. The minimum Gasteiger partial charge on any atom is -0.449 e. The van der Waals surface area contributed by atoms with Gasteiger partial charge in [-0.3, -0.25) is 4.79 Å². The fourth-order valence-corrected chi connectivity index (χ4v) is 5.55. The highest BCUT2D eigenvalue weighted by atomic mass is 35.5. The van der Waals surface area contributed by atoms with Gasteiger partial charge < -0.3 is 24.6 Å². The van der Waals surface area contributed by atoms with Crippen molar-refractivity contribution in [2.45, 2.75) is 31.1 Å². The maximum absolute atomic E-state index is 15.3. The summed E-state index contributed by atoms with van der Waals surface area (Å²) in [7, 11) is 1.91. The number of fused-ring (bicyclic) bond motifs is 2. The maximum Gasteiger partial charge on any atom is 0.511 e. The Morgan fingerprint density at radius 3 is 2.78 bits per heavy atom. The van der Waals surface area contributed by atoms with Gasteiger partial charge in [0.25, 0.3) is 0 Å². The van der Waals surface area contributed by atoms with E-state index in [9.17, 15) is 14.0 Å². The predicted molar refractivity (Wildman–Crippen MR) is 116 cm³/mol. The summed E-state index contributed by atoms with van der Waals surface area (Å²) in [4.78, 5) is 25.7. The van der Waals surface area contributed by atoms with E-state index in [0.29, 0.717) is 13.1 Å². The van der Waals surface area contributed by atoms with Gasteiger partial charge in [-0.25, -0.2) is 13.6 Å². The number of nitrogens with zero attached hydrogens (tertiary/aromatic N) is 2. The molecule has 2 aliphatic carbocycles. The van der Waals surface area contributed by atoms with Gasteiger partial charge in [-0.1, -0.05) is 23.8 Å². The summed E-state index contributed by atoms with van der Waals surface area (Å²) in [5.74, 6) is -0.681. The van der Waals surface area contributed by atoms with Gasteiger partial charge in [-0.2, -0.15) is 0 Å². The molecule has 3 aliphatic rings. The van der Waals surface area contributed by atoms with E-state index in [-0.39, 0.29) is 45.9 Å². The molecule has 1 aromatic heterocycles. The number of anilines is 1. The van der Waals surface area contributed by atoms with Gasteiger partial charge in [-0.15, -0.1) is 0 Å². The zero-order chi connectivity index (χ0) is 22.7. The van der Waals surface area contributed by atoms with Gasteiger partial charge in [0, 0.05) is 31.5 Å².